The Labute approximate surface area is 105 Å². The SMILES string of the molecule is CCc1cc(Cl)nc(-c2sccc2Br)n1. The van der Waals surface area contributed by atoms with E-state index in [2.05, 4.69) is 25.9 Å². The van der Waals surface area contributed by atoms with Crippen LogP contribution in [0.4, 0.5) is 0 Å². The molecule has 2 aromatic rings. The lowest BCUT2D eigenvalue weighted by atomic mass is 10.3. The third-order valence-electron chi connectivity index (χ3n) is 1.93. The molecule has 0 bridgehead atoms. The summed E-state index contributed by atoms with van der Waals surface area (Å²) in [5.74, 6) is 0.696. The largest absolute Gasteiger partial charge is 0.232 e. The van der Waals surface area contributed by atoms with Crippen molar-refractivity contribution in [2.75, 3.05) is 0 Å². The van der Waals surface area contributed by atoms with Crippen LogP contribution in [0.3, 0.4) is 0 Å². The highest BCUT2D eigenvalue weighted by atomic mass is 79.9. The van der Waals surface area contributed by atoms with E-state index in [1.807, 2.05) is 18.4 Å². The number of halogens is 2. The molecule has 0 aliphatic heterocycles. The number of hydrogen-bond acceptors (Lipinski definition) is 3. The minimum Gasteiger partial charge on any atom is -0.232 e. The van der Waals surface area contributed by atoms with Gasteiger partial charge in [0, 0.05) is 10.2 Å². The number of nitrogens with zero attached hydrogens (tertiary/aromatic N) is 2. The van der Waals surface area contributed by atoms with E-state index in [9.17, 15) is 0 Å². The zero-order valence-electron chi connectivity index (χ0n) is 8.00. The number of aromatic nitrogens is 2. The molecule has 0 saturated heterocycles. The molecule has 2 nitrogen and oxygen atoms in total. The van der Waals surface area contributed by atoms with E-state index in [0.29, 0.717) is 11.0 Å². The monoisotopic (exact) mass is 302 g/mol. The average molecular weight is 304 g/mol. The maximum atomic E-state index is 5.94. The molecular formula is C10H8BrClN2S. The molecule has 0 radical (unpaired) electrons. The van der Waals surface area contributed by atoms with E-state index in [-0.39, 0.29) is 0 Å². The minimum atomic E-state index is 0.497. The first-order valence-electron chi connectivity index (χ1n) is 4.47. The average Bonchev–Trinajstić information content (AvgIpc) is 2.63. The molecule has 15 heavy (non-hydrogen) atoms. The van der Waals surface area contributed by atoms with Crippen LogP contribution in [-0.2, 0) is 6.42 Å². The predicted octanol–water partition coefficient (Wildman–Crippen LogP) is 4.18. The van der Waals surface area contributed by atoms with Crippen LogP contribution in [-0.4, -0.2) is 9.97 Å². The van der Waals surface area contributed by atoms with E-state index in [1.165, 1.54) is 0 Å². The highest BCUT2D eigenvalue weighted by Crippen LogP contribution is 2.31. The van der Waals surface area contributed by atoms with Crippen molar-refractivity contribution >= 4 is 38.9 Å². The van der Waals surface area contributed by atoms with Gasteiger partial charge in [0.2, 0.25) is 0 Å². The summed E-state index contributed by atoms with van der Waals surface area (Å²) in [6.45, 7) is 2.05. The van der Waals surface area contributed by atoms with E-state index in [1.54, 1.807) is 17.4 Å². The smallest absolute Gasteiger partial charge is 0.172 e. The fourth-order valence-corrected chi connectivity index (χ4v) is 2.89. The van der Waals surface area contributed by atoms with Crippen molar-refractivity contribution in [3.63, 3.8) is 0 Å². The van der Waals surface area contributed by atoms with E-state index in [0.717, 1.165) is 21.5 Å². The molecule has 0 atom stereocenters. The fourth-order valence-electron chi connectivity index (χ4n) is 1.20. The molecule has 0 spiro atoms. The van der Waals surface area contributed by atoms with E-state index in [4.69, 9.17) is 11.6 Å². The molecule has 0 saturated carbocycles. The lowest BCUT2D eigenvalue weighted by molar-refractivity contribution is 1.01. The summed E-state index contributed by atoms with van der Waals surface area (Å²) in [4.78, 5) is 9.68. The van der Waals surface area contributed by atoms with E-state index < -0.39 is 0 Å². The van der Waals surface area contributed by atoms with Gasteiger partial charge in [0.1, 0.15) is 5.15 Å². The van der Waals surface area contributed by atoms with Crippen LogP contribution in [0.5, 0.6) is 0 Å². The van der Waals surface area contributed by atoms with Crippen molar-refractivity contribution in [3.8, 4) is 10.7 Å². The molecule has 0 aliphatic carbocycles. The molecule has 0 aliphatic rings. The molecule has 0 unspecified atom stereocenters. The fraction of sp³-hybridized carbons (Fsp3) is 0.200. The quantitative estimate of drug-likeness (QED) is 0.778. The number of rotatable bonds is 2. The molecule has 0 aromatic carbocycles. The molecule has 2 heterocycles. The predicted molar refractivity (Wildman–Crippen MR) is 67.4 cm³/mol. The zero-order valence-corrected chi connectivity index (χ0v) is 11.2. The summed E-state index contributed by atoms with van der Waals surface area (Å²) in [7, 11) is 0. The van der Waals surface area contributed by atoms with Gasteiger partial charge in [-0.2, -0.15) is 0 Å². The second kappa shape index (κ2) is 4.60. The third-order valence-corrected chi connectivity index (χ3v) is 3.96. The lowest BCUT2D eigenvalue weighted by Gasteiger charge is -2.01. The van der Waals surface area contributed by atoms with Gasteiger partial charge in [-0.05, 0) is 39.9 Å². The van der Waals surface area contributed by atoms with Crippen LogP contribution in [0.1, 0.15) is 12.6 Å². The topological polar surface area (TPSA) is 25.8 Å². The van der Waals surface area contributed by atoms with Crippen LogP contribution in [0.2, 0.25) is 5.15 Å². The highest BCUT2D eigenvalue weighted by Gasteiger charge is 2.09. The Morgan fingerprint density at radius 2 is 2.27 bits per heavy atom. The number of thiophene rings is 1. The molecule has 5 heteroatoms. The normalized spacial score (nSPS) is 10.6. The van der Waals surface area contributed by atoms with Crippen molar-refractivity contribution in [1.82, 2.24) is 9.97 Å². The summed E-state index contributed by atoms with van der Waals surface area (Å²) >= 11 is 11.0. The summed E-state index contributed by atoms with van der Waals surface area (Å²) < 4.78 is 1.01. The molecule has 78 valence electrons. The summed E-state index contributed by atoms with van der Waals surface area (Å²) in [6, 6.07) is 3.78. The second-order valence-electron chi connectivity index (χ2n) is 2.96. The molecule has 0 amide bonds. The van der Waals surface area contributed by atoms with Gasteiger partial charge >= 0.3 is 0 Å². The van der Waals surface area contributed by atoms with Gasteiger partial charge < -0.3 is 0 Å². The first kappa shape index (κ1) is 11.0. The Hall–Kier alpha value is -0.450. The lowest BCUT2D eigenvalue weighted by Crippen LogP contribution is -1.93. The Morgan fingerprint density at radius 1 is 1.47 bits per heavy atom. The Morgan fingerprint density at radius 3 is 2.87 bits per heavy atom. The van der Waals surface area contributed by atoms with Gasteiger partial charge in [0.15, 0.2) is 5.82 Å². The Kier molecular flexibility index (Phi) is 3.38. The summed E-state index contributed by atoms with van der Waals surface area (Å²) in [6.07, 6.45) is 0.859. The maximum absolute atomic E-state index is 5.94. The molecule has 2 aromatic heterocycles. The number of aryl methyl sites for hydroxylation is 1. The zero-order chi connectivity index (χ0) is 10.8. The first-order valence-corrected chi connectivity index (χ1v) is 6.52. The summed E-state index contributed by atoms with van der Waals surface area (Å²) in [5.41, 5.74) is 0.963. The number of hydrogen-bond donors (Lipinski definition) is 0. The highest BCUT2D eigenvalue weighted by molar-refractivity contribution is 9.10. The van der Waals surface area contributed by atoms with Crippen LogP contribution < -0.4 is 0 Å². The van der Waals surface area contributed by atoms with Gasteiger partial charge in [0.05, 0.1) is 4.88 Å². The second-order valence-corrected chi connectivity index (χ2v) is 5.11. The van der Waals surface area contributed by atoms with Gasteiger partial charge in [0.25, 0.3) is 0 Å². The van der Waals surface area contributed by atoms with Crippen LogP contribution in [0, 0.1) is 0 Å². The third kappa shape index (κ3) is 2.38. The van der Waals surface area contributed by atoms with Crippen molar-refractivity contribution in [1.29, 1.82) is 0 Å². The van der Waals surface area contributed by atoms with Crippen LogP contribution in [0.25, 0.3) is 10.7 Å². The molecule has 2 rings (SSSR count). The molecule has 0 fully saturated rings. The molecule has 0 N–H and O–H groups in total. The first-order chi connectivity index (χ1) is 7.20. The van der Waals surface area contributed by atoms with Gasteiger partial charge in [-0.3, -0.25) is 0 Å². The van der Waals surface area contributed by atoms with Crippen molar-refractivity contribution < 1.29 is 0 Å². The van der Waals surface area contributed by atoms with Gasteiger partial charge in [-0.15, -0.1) is 11.3 Å². The minimum absolute atomic E-state index is 0.497. The van der Waals surface area contributed by atoms with Crippen LogP contribution in [0.15, 0.2) is 22.0 Å². The Balaban J connectivity index is 2.53. The van der Waals surface area contributed by atoms with Crippen molar-refractivity contribution in [2.24, 2.45) is 0 Å². The van der Waals surface area contributed by atoms with Crippen LogP contribution >= 0.6 is 38.9 Å². The van der Waals surface area contributed by atoms with Gasteiger partial charge in [-0.25, -0.2) is 9.97 Å². The maximum Gasteiger partial charge on any atom is 0.172 e. The molecular weight excluding hydrogens is 296 g/mol. The Bertz CT molecular complexity index is 484. The van der Waals surface area contributed by atoms with E-state index >= 15 is 0 Å². The van der Waals surface area contributed by atoms with Crippen molar-refractivity contribution in [2.45, 2.75) is 13.3 Å². The standard InChI is InChI=1S/C10H8BrClN2S/c1-2-6-5-8(12)14-10(13-6)9-7(11)3-4-15-9/h3-5H,2H2,1H3. The van der Waals surface area contributed by atoms with Gasteiger partial charge in [-0.1, -0.05) is 18.5 Å². The summed E-state index contributed by atoms with van der Waals surface area (Å²) in [5, 5.41) is 2.49. The van der Waals surface area contributed by atoms with Crippen molar-refractivity contribution in [3.05, 3.63) is 32.8 Å².